The molecule has 1 amide bonds. The van der Waals surface area contributed by atoms with Crippen LogP contribution in [0.25, 0.3) is 54.3 Å². The summed E-state index contributed by atoms with van der Waals surface area (Å²) < 4.78 is 1.02. The Kier molecular flexibility index (Phi) is 7.59. The number of nitrogens with two attached hydrogens (primary N) is 2. The van der Waals surface area contributed by atoms with Gasteiger partial charge in [0.2, 0.25) is 17.8 Å². The molecule has 0 saturated heterocycles. The summed E-state index contributed by atoms with van der Waals surface area (Å²) in [7, 11) is 0. The molecule has 3 heterocycles. The van der Waals surface area contributed by atoms with Gasteiger partial charge in [0.05, 0.1) is 32.6 Å². The van der Waals surface area contributed by atoms with Crippen LogP contribution in [0.4, 0.5) is 17.0 Å². The first-order valence-corrected chi connectivity index (χ1v) is 14.8. The van der Waals surface area contributed by atoms with Gasteiger partial charge in [-0.1, -0.05) is 59.4 Å². The fourth-order valence-electron chi connectivity index (χ4n) is 5.02. The zero-order valence-corrected chi connectivity index (χ0v) is 25.5. The zero-order valence-electron chi connectivity index (χ0n) is 24.7. The second-order valence-electron chi connectivity index (χ2n) is 10.5. The maximum Gasteiger partial charge on any atom is 0.223 e. The van der Waals surface area contributed by atoms with Gasteiger partial charge in [0.1, 0.15) is 0 Å². The lowest BCUT2D eigenvalue weighted by atomic mass is 10.0. The molecule has 10 heteroatoms. The highest BCUT2D eigenvalue weighted by molar-refractivity contribution is 7.22. The number of aromatic nitrogens is 5. The molecule has 7 rings (SSSR count). The first-order chi connectivity index (χ1) is 21.1. The second-order valence-corrected chi connectivity index (χ2v) is 11.6. The van der Waals surface area contributed by atoms with Crippen molar-refractivity contribution in [1.82, 2.24) is 24.9 Å². The van der Waals surface area contributed by atoms with E-state index in [0.29, 0.717) is 11.1 Å². The molecule has 0 atom stereocenters. The van der Waals surface area contributed by atoms with Crippen molar-refractivity contribution in [2.24, 2.45) is 0 Å². The van der Waals surface area contributed by atoms with E-state index in [-0.39, 0.29) is 11.9 Å². The van der Waals surface area contributed by atoms with E-state index in [0.717, 1.165) is 54.5 Å². The van der Waals surface area contributed by atoms with Crippen LogP contribution in [0.5, 0.6) is 0 Å². The fourth-order valence-corrected chi connectivity index (χ4v) is 5.97. The van der Waals surface area contributed by atoms with Crippen molar-refractivity contribution in [3.8, 4) is 22.3 Å². The van der Waals surface area contributed by atoms with Gasteiger partial charge in [-0.15, -0.1) is 0 Å². The second kappa shape index (κ2) is 11.7. The molecule has 0 aliphatic carbocycles. The average molecular weight is 599 g/mol. The summed E-state index contributed by atoms with van der Waals surface area (Å²) in [6, 6.07) is 26.8. The van der Waals surface area contributed by atoms with Crippen molar-refractivity contribution < 1.29 is 4.79 Å². The molecule has 0 bridgehead atoms. The minimum atomic E-state index is -0.122. The number of benzene rings is 4. The number of rotatable bonds is 3. The number of carbonyl (C=O) groups excluding carboxylic acids is 1. The number of anilines is 3. The maximum atomic E-state index is 11.2. The summed E-state index contributed by atoms with van der Waals surface area (Å²) in [6.07, 6.45) is 0. The van der Waals surface area contributed by atoms with Gasteiger partial charge in [0.25, 0.3) is 0 Å². The van der Waals surface area contributed by atoms with E-state index in [4.69, 9.17) is 11.5 Å². The van der Waals surface area contributed by atoms with Crippen molar-refractivity contribution in [3.63, 3.8) is 0 Å². The summed E-state index contributed by atoms with van der Waals surface area (Å²) in [4.78, 5) is 32.6. The van der Waals surface area contributed by atoms with E-state index in [1.54, 1.807) is 0 Å². The van der Waals surface area contributed by atoms with Crippen LogP contribution in [-0.4, -0.2) is 30.8 Å². The Hall–Kier alpha value is -5.48. The normalized spacial score (nSPS) is 11.0. The molecular weight excluding hydrogens is 568 g/mol. The molecule has 4 aromatic carbocycles. The molecule has 7 aromatic rings. The highest BCUT2D eigenvalue weighted by Gasteiger charge is 2.09. The molecule has 9 nitrogen and oxygen atoms in total. The van der Waals surface area contributed by atoms with Crippen LogP contribution >= 0.6 is 11.3 Å². The van der Waals surface area contributed by atoms with Gasteiger partial charge < -0.3 is 16.8 Å². The Bertz CT molecular complexity index is 2190. The van der Waals surface area contributed by atoms with Crippen molar-refractivity contribution in [2.75, 3.05) is 16.8 Å². The Labute approximate surface area is 258 Å². The highest BCUT2D eigenvalue weighted by atomic mass is 32.1. The summed E-state index contributed by atoms with van der Waals surface area (Å²) in [5, 5.41) is 5.37. The molecule has 0 aliphatic heterocycles. The first kappa shape index (κ1) is 28.6. The molecule has 0 unspecified atom stereocenters. The molecule has 0 spiro atoms. The predicted octanol–water partition coefficient (Wildman–Crippen LogP) is 7.25. The number of aryl methyl sites for hydroxylation is 3. The van der Waals surface area contributed by atoms with Crippen LogP contribution in [-0.2, 0) is 4.79 Å². The molecule has 218 valence electrons. The fraction of sp³-hybridized carbons (Fsp3) is 0.118. The Balaban J connectivity index is 0.000000162. The molecule has 0 radical (unpaired) electrons. The third-order valence-electron chi connectivity index (χ3n) is 7.20. The third-order valence-corrected chi connectivity index (χ3v) is 8.13. The standard InChI is InChI=1S/C18H15N5OS.C16H15N3/c1-9-13-7-11(3-5-14(13)22-17(19)20-9)12-4-6-15-16(8-12)25-18(23-15)21-10(2)24;1-10-3-5-12(6-4-10)13-7-8-15-14(9-13)11(2)18-16(17)19-15/h3-8H,1-2H3,(H2,19,20,22)(H,21,23,24);3-9H,1-2H3,(H2,17,18,19). The van der Waals surface area contributed by atoms with Gasteiger partial charge in [-0.3, -0.25) is 4.79 Å². The molecule has 44 heavy (non-hydrogen) atoms. The van der Waals surface area contributed by atoms with Crippen LogP contribution in [0, 0.1) is 20.8 Å². The number of amides is 1. The zero-order chi connectivity index (χ0) is 31.0. The van der Waals surface area contributed by atoms with Crippen LogP contribution in [0.2, 0.25) is 0 Å². The van der Waals surface area contributed by atoms with E-state index in [9.17, 15) is 4.79 Å². The lowest BCUT2D eigenvalue weighted by Crippen LogP contribution is -2.04. The number of nitrogens with one attached hydrogen (secondary N) is 1. The van der Waals surface area contributed by atoms with Crippen LogP contribution in [0.15, 0.2) is 78.9 Å². The van der Waals surface area contributed by atoms with E-state index in [1.165, 1.54) is 35.0 Å². The van der Waals surface area contributed by atoms with E-state index < -0.39 is 0 Å². The number of hydrogen-bond donors (Lipinski definition) is 3. The predicted molar refractivity (Wildman–Crippen MR) is 180 cm³/mol. The minimum absolute atomic E-state index is 0.122. The van der Waals surface area contributed by atoms with E-state index in [2.05, 4.69) is 85.7 Å². The summed E-state index contributed by atoms with van der Waals surface area (Å²) >= 11 is 1.46. The minimum Gasteiger partial charge on any atom is -0.368 e. The topological polar surface area (TPSA) is 146 Å². The monoisotopic (exact) mass is 598 g/mol. The molecule has 0 aliphatic rings. The Morgan fingerprint density at radius 1 is 0.614 bits per heavy atom. The summed E-state index contributed by atoms with van der Waals surface area (Å²) in [5.74, 6) is 0.492. The number of nitrogens with zero attached hydrogens (tertiary/aromatic N) is 5. The quantitative estimate of drug-likeness (QED) is 0.193. The van der Waals surface area contributed by atoms with Gasteiger partial charge in [-0.2, -0.15) is 0 Å². The van der Waals surface area contributed by atoms with Gasteiger partial charge in [-0.25, -0.2) is 24.9 Å². The van der Waals surface area contributed by atoms with Gasteiger partial charge in [-0.05, 0) is 79.4 Å². The largest absolute Gasteiger partial charge is 0.368 e. The van der Waals surface area contributed by atoms with Crippen molar-refractivity contribution >= 4 is 66.3 Å². The third kappa shape index (κ3) is 6.02. The molecule has 5 N–H and O–H groups in total. The van der Waals surface area contributed by atoms with Crippen molar-refractivity contribution in [3.05, 3.63) is 95.8 Å². The molecule has 0 saturated carbocycles. The average Bonchev–Trinajstić information content (AvgIpc) is 3.38. The van der Waals surface area contributed by atoms with Gasteiger partial charge in [0.15, 0.2) is 5.13 Å². The van der Waals surface area contributed by atoms with Crippen molar-refractivity contribution in [2.45, 2.75) is 27.7 Å². The van der Waals surface area contributed by atoms with Crippen molar-refractivity contribution in [1.29, 1.82) is 0 Å². The highest BCUT2D eigenvalue weighted by Crippen LogP contribution is 2.32. The van der Waals surface area contributed by atoms with Gasteiger partial charge in [0, 0.05) is 17.7 Å². The van der Waals surface area contributed by atoms with Crippen LogP contribution in [0.3, 0.4) is 0 Å². The number of carbonyl (C=O) groups is 1. The molecule has 0 fully saturated rings. The maximum absolute atomic E-state index is 11.2. The first-order valence-electron chi connectivity index (χ1n) is 14.0. The summed E-state index contributed by atoms with van der Waals surface area (Å²) in [5.41, 5.74) is 21.5. The lowest BCUT2D eigenvalue weighted by molar-refractivity contribution is -0.114. The molecule has 3 aromatic heterocycles. The van der Waals surface area contributed by atoms with Gasteiger partial charge >= 0.3 is 0 Å². The Morgan fingerprint density at radius 3 is 1.64 bits per heavy atom. The smallest absolute Gasteiger partial charge is 0.223 e. The Morgan fingerprint density at radius 2 is 1.09 bits per heavy atom. The number of hydrogen-bond acceptors (Lipinski definition) is 9. The number of thiazole rings is 1. The SMILES string of the molecule is CC(=O)Nc1nc2ccc(-c3ccc4nc(N)nc(C)c4c3)cc2s1.Cc1ccc(-c2ccc3nc(N)nc(C)c3c2)cc1. The van der Waals surface area contributed by atoms with E-state index in [1.807, 2.05) is 44.2 Å². The number of fused-ring (bicyclic) bond motifs is 3. The van der Waals surface area contributed by atoms with E-state index >= 15 is 0 Å². The molecular formula is C34H30N8OS. The lowest BCUT2D eigenvalue weighted by Gasteiger charge is -2.06. The summed E-state index contributed by atoms with van der Waals surface area (Å²) in [6.45, 7) is 7.45. The van der Waals surface area contributed by atoms with Crippen LogP contribution in [0.1, 0.15) is 23.9 Å². The number of nitrogen functional groups attached to an aromatic ring is 2. The van der Waals surface area contributed by atoms with Crippen LogP contribution < -0.4 is 16.8 Å².